The van der Waals surface area contributed by atoms with Crippen LogP contribution in [0.3, 0.4) is 0 Å². The van der Waals surface area contributed by atoms with Gasteiger partial charge in [0.25, 0.3) is 0 Å². The SMILES string of the molecule is C=C/C=C/CCC1CO1. The van der Waals surface area contributed by atoms with Gasteiger partial charge in [-0.05, 0) is 12.8 Å². The summed E-state index contributed by atoms with van der Waals surface area (Å²) >= 11 is 0. The largest absolute Gasteiger partial charge is 0.373 e. The minimum Gasteiger partial charge on any atom is -0.373 e. The standard InChI is InChI=1S/C8H12O/c1-2-3-4-5-6-8-7-9-8/h2-4,8H,1,5-7H2/b4-3+. The lowest BCUT2D eigenvalue weighted by molar-refractivity contribution is 0.398. The van der Waals surface area contributed by atoms with E-state index in [-0.39, 0.29) is 0 Å². The Labute approximate surface area is 56.0 Å². The van der Waals surface area contributed by atoms with Crippen molar-refractivity contribution in [3.63, 3.8) is 0 Å². The Morgan fingerprint density at radius 1 is 1.67 bits per heavy atom. The van der Waals surface area contributed by atoms with Gasteiger partial charge in [0.15, 0.2) is 0 Å². The second kappa shape index (κ2) is 3.46. The van der Waals surface area contributed by atoms with Crippen molar-refractivity contribution in [2.45, 2.75) is 18.9 Å². The molecule has 1 aliphatic heterocycles. The fraction of sp³-hybridized carbons (Fsp3) is 0.500. The van der Waals surface area contributed by atoms with Crippen LogP contribution in [0.15, 0.2) is 24.8 Å². The van der Waals surface area contributed by atoms with Crippen LogP contribution >= 0.6 is 0 Å². The Bertz CT molecular complexity index is 112. The third-order valence-corrected chi connectivity index (χ3v) is 1.33. The van der Waals surface area contributed by atoms with Gasteiger partial charge in [-0.25, -0.2) is 0 Å². The third-order valence-electron chi connectivity index (χ3n) is 1.33. The van der Waals surface area contributed by atoms with Gasteiger partial charge in [-0.1, -0.05) is 24.8 Å². The minimum atomic E-state index is 0.569. The zero-order chi connectivity index (χ0) is 6.53. The molecule has 1 unspecified atom stereocenters. The van der Waals surface area contributed by atoms with E-state index in [0.717, 1.165) is 13.0 Å². The molecule has 0 aromatic heterocycles. The molecule has 0 spiro atoms. The molecule has 9 heavy (non-hydrogen) atoms. The monoisotopic (exact) mass is 124 g/mol. The quantitative estimate of drug-likeness (QED) is 0.412. The van der Waals surface area contributed by atoms with E-state index in [9.17, 15) is 0 Å². The van der Waals surface area contributed by atoms with Gasteiger partial charge in [0, 0.05) is 0 Å². The van der Waals surface area contributed by atoms with Crippen molar-refractivity contribution in [3.05, 3.63) is 24.8 Å². The highest BCUT2D eigenvalue weighted by atomic mass is 16.6. The molecule has 1 atom stereocenters. The van der Waals surface area contributed by atoms with Crippen LogP contribution in [0.5, 0.6) is 0 Å². The van der Waals surface area contributed by atoms with Crippen LogP contribution in [0.25, 0.3) is 0 Å². The van der Waals surface area contributed by atoms with E-state index in [4.69, 9.17) is 4.74 Å². The van der Waals surface area contributed by atoms with E-state index in [1.807, 2.05) is 6.08 Å². The first-order chi connectivity index (χ1) is 4.43. The van der Waals surface area contributed by atoms with Gasteiger partial charge in [0.2, 0.25) is 0 Å². The van der Waals surface area contributed by atoms with Crippen molar-refractivity contribution in [2.75, 3.05) is 6.61 Å². The molecule has 0 aromatic carbocycles. The van der Waals surface area contributed by atoms with Crippen LogP contribution in [-0.2, 0) is 4.74 Å². The average Bonchev–Trinajstić information content (AvgIpc) is 2.63. The second-order valence-electron chi connectivity index (χ2n) is 2.20. The Morgan fingerprint density at radius 3 is 3.00 bits per heavy atom. The lowest BCUT2D eigenvalue weighted by atomic mass is 10.2. The summed E-state index contributed by atoms with van der Waals surface area (Å²) in [6.45, 7) is 4.55. The molecule has 0 radical (unpaired) electrons. The molecular formula is C8H12O. The molecule has 1 heterocycles. The summed E-state index contributed by atoms with van der Waals surface area (Å²) in [5, 5.41) is 0. The van der Waals surface area contributed by atoms with E-state index < -0.39 is 0 Å². The summed E-state index contributed by atoms with van der Waals surface area (Å²) in [6.07, 6.45) is 8.76. The van der Waals surface area contributed by atoms with Crippen LogP contribution in [0, 0.1) is 0 Å². The molecule has 1 nitrogen and oxygen atoms in total. The van der Waals surface area contributed by atoms with E-state index in [0.29, 0.717) is 6.10 Å². The predicted octanol–water partition coefficient (Wildman–Crippen LogP) is 1.91. The van der Waals surface area contributed by atoms with Gasteiger partial charge in [-0.3, -0.25) is 0 Å². The number of epoxide rings is 1. The first-order valence-corrected chi connectivity index (χ1v) is 3.32. The minimum absolute atomic E-state index is 0.569. The number of rotatable bonds is 4. The Hall–Kier alpha value is -0.560. The van der Waals surface area contributed by atoms with Crippen molar-refractivity contribution >= 4 is 0 Å². The van der Waals surface area contributed by atoms with Crippen LogP contribution in [0.2, 0.25) is 0 Å². The Kier molecular flexibility index (Phi) is 2.52. The fourth-order valence-electron chi connectivity index (χ4n) is 0.709. The molecule has 0 aliphatic carbocycles. The fourth-order valence-corrected chi connectivity index (χ4v) is 0.709. The van der Waals surface area contributed by atoms with E-state index in [1.165, 1.54) is 6.42 Å². The molecule has 1 rings (SSSR count). The maximum atomic E-state index is 5.03. The number of hydrogen-bond donors (Lipinski definition) is 0. The second-order valence-corrected chi connectivity index (χ2v) is 2.20. The molecule has 1 saturated heterocycles. The zero-order valence-electron chi connectivity index (χ0n) is 5.55. The van der Waals surface area contributed by atoms with E-state index in [2.05, 4.69) is 12.7 Å². The first-order valence-electron chi connectivity index (χ1n) is 3.32. The summed E-state index contributed by atoms with van der Waals surface area (Å²) in [6, 6.07) is 0. The average molecular weight is 124 g/mol. The van der Waals surface area contributed by atoms with Gasteiger partial charge in [-0.2, -0.15) is 0 Å². The summed E-state index contributed by atoms with van der Waals surface area (Å²) in [7, 11) is 0. The van der Waals surface area contributed by atoms with Crippen molar-refractivity contribution in [2.24, 2.45) is 0 Å². The maximum absolute atomic E-state index is 5.03. The van der Waals surface area contributed by atoms with Gasteiger partial charge >= 0.3 is 0 Å². The van der Waals surface area contributed by atoms with Crippen molar-refractivity contribution in [1.29, 1.82) is 0 Å². The summed E-state index contributed by atoms with van der Waals surface area (Å²) < 4.78 is 5.03. The topological polar surface area (TPSA) is 12.5 Å². The van der Waals surface area contributed by atoms with Crippen molar-refractivity contribution < 1.29 is 4.74 Å². The number of hydrogen-bond acceptors (Lipinski definition) is 1. The Balaban J connectivity index is 1.91. The normalized spacial score (nSPS) is 24.7. The Morgan fingerprint density at radius 2 is 2.44 bits per heavy atom. The van der Waals surface area contributed by atoms with Crippen molar-refractivity contribution in [1.82, 2.24) is 0 Å². The summed E-state index contributed by atoms with van der Waals surface area (Å²) in [5.41, 5.74) is 0. The third kappa shape index (κ3) is 3.09. The predicted molar refractivity (Wildman–Crippen MR) is 38.3 cm³/mol. The van der Waals surface area contributed by atoms with Crippen LogP contribution in [-0.4, -0.2) is 12.7 Å². The molecule has 0 aromatic rings. The number of allylic oxidation sites excluding steroid dienone is 3. The molecule has 1 aliphatic rings. The first kappa shape index (κ1) is 6.56. The summed E-state index contributed by atoms with van der Waals surface area (Å²) in [5.74, 6) is 0. The molecule has 0 saturated carbocycles. The molecule has 0 amide bonds. The van der Waals surface area contributed by atoms with Gasteiger partial charge in [-0.15, -0.1) is 0 Å². The lowest BCUT2D eigenvalue weighted by Gasteiger charge is -1.84. The highest BCUT2D eigenvalue weighted by Gasteiger charge is 2.20. The molecule has 1 fully saturated rings. The molecule has 0 bridgehead atoms. The van der Waals surface area contributed by atoms with Crippen LogP contribution < -0.4 is 0 Å². The van der Waals surface area contributed by atoms with Crippen LogP contribution in [0.1, 0.15) is 12.8 Å². The van der Waals surface area contributed by atoms with Gasteiger partial charge < -0.3 is 4.74 Å². The smallest absolute Gasteiger partial charge is 0.0812 e. The van der Waals surface area contributed by atoms with E-state index in [1.54, 1.807) is 6.08 Å². The zero-order valence-corrected chi connectivity index (χ0v) is 5.55. The van der Waals surface area contributed by atoms with E-state index >= 15 is 0 Å². The highest BCUT2D eigenvalue weighted by Crippen LogP contribution is 2.15. The van der Waals surface area contributed by atoms with Crippen LogP contribution in [0.4, 0.5) is 0 Å². The molecular weight excluding hydrogens is 112 g/mol. The lowest BCUT2D eigenvalue weighted by Crippen LogP contribution is -1.80. The molecule has 0 N–H and O–H groups in total. The maximum Gasteiger partial charge on any atom is 0.0812 e. The van der Waals surface area contributed by atoms with Gasteiger partial charge in [0.05, 0.1) is 12.7 Å². The van der Waals surface area contributed by atoms with Gasteiger partial charge in [0.1, 0.15) is 0 Å². The number of ether oxygens (including phenoxy) is 1. The molecule has 1 heteroatoms. The highest BCUT2D eigenvalue weighted by molar-refractivity contribution is 4.97. The van der Waals surface area contributed by atoms with Crippen molar-refractivity contribution in [3.8, 4) is 0 Å². The molecule has 50 valence electrons. The summed E-state index contributed by atoms with van der Waals surface area (Å²) in [4.78, 5) is 0.